The van der Waals surface area contributed by atoms with E-state index in [9.17, 15) is 4.79 Å². The van der Waals surface area contributed by atoms with Gasteiger partial charge >= 0.3 is 0 Å². The Morgan fingerprint density at radius 2 is 2.19 bits per heavy atom. The van der Waals surface area contributed by atoms with Crippen LogP contribution in [0.4, 0.5) is 0 Å². The minimum Gasteiger partial charge on any atom is -0.276 e. The fraction of sp³-hybridized carbons (Fsp3) is 0.538. The Hall–Kier alpha value is -1.38. The fourth-order valence-corrected chi connectivity index (χ4v) is 1.50. The molecule has 0 N–H and O–H groups in total. The summed E-state index contributed by atoms with van der Waals surface area (Å²) in [7, 11) is 0. The highest BCUT2D eigenvalue weighted by Gasteiger charge is 1.99. The van der Waals surface area contributed by atoms with Crippen molar-refractivity contribution < 1.29 is 4.79 Å². The van der Waals surface area contributed by atoms with E-state index in [1.54, 1.807) is 12.4 Å². The molecule has 0 amide bonds. The van der Waals surface area contributed by atoms with Gasteiger partial charge in [0.25, 0.3) is 0 Å². The number of aromatic nitrogens is 2. The molecule has 0 unspecified atom stereocenters. The molecule has 88 valence electrons. The van der Waals surface area contributed by atoms with E-state index >= 15 is 0 Å². The van der Waals surface area contributed by atoms with Crippen LogP contribution in [0, 0.1) is 0 Å². The van der Waals surface area contributed by atoms with Gasteiger partial charge < -0.3 is 0 Å². The van der Waals surface area contributed by atoms with E-state index in [1.165, 1.54) is 36.6 Å². The van der Waals surface area contributed by atoms with Crippen molar-refractivity contribution in [2.24, 2.45) is 0 Å². The maximum atomic E-state index is 11.5. The molecule has 1 aromatic heterocycles. The summed E-state index contributed by atoms with van der Waals surface area (Å²) in [5, 5.41) is 0. The van der Waals surface area contributed by atoms with Gasteiger partial charge in [-0.25, -0.2) is 4.98 Å². The Balaban J connectivity index is 2.10. The molecule has 0 aromatic carbocycles. The Morgan fingerprint density at radius 3 is 2.88 bits per heavy atom. The predicted molar refractivity (Wildman–Crippen MR) is 65.4 cm³/mol. The van der Waals surface area contributed by atoms with Crippen LogP contribution in [0.15, 0.2) is 30.9 Å². The first-order valence-electron chi connectivity index (χ1n) is 6.00. The molecule has 0 saturated carbocycles. The van der Waals surface area contributed by atoms with Gasteiger partial charge in [0.15, 0.2) is 0 Å². The van der Waals surface area contributed by atoms with Gasteiger partial charge in [-0.05, 0) is 12.8 Å². The molecule has 16 heavy (non-hydrogen) atoms. The lowest BCUT2D eigenvalue weighted by Crippen LogP contribution is -2.05. The van der Waals surface area contributed by atoms with E-state index in [4.69, 9.17) is 0 Å². The predicted octanol–water partition coefficient (Wildman–Crippen LogP) is 3.44. The van der Waals surface area contributed by atoms with Gasteiger partial charge in [0.2, 0.25) is 5.91 Å². The number of imidazole rings is 1. The molecule has 1 rings (SSSR count). The highest BCUT2D eigenvalue weighted by Crippen LogP contribution is 2.03. The van der Waals surface area contributed by atoms with Crippen LogP contribution >= 0.6 is 0 Å². The lowest BCUT2D eigenvalue weighted by atomic mass is 10.1. The molecule has 0 fully saturated rings. The Bertz CT molecular complexity index is 315. The SMILES string of the molecule is CCCCCC/C=C\CC(=O)n1ccnc1. The third-order valence-corrected chi connectivity index (χ3v) is 2.48. The second kappa shape index (κ2) is 7.85. The van der Waals surface area contributed by atoms with E-state index in [0.717, 1.165) is 6.42 Å². The molecular formula is C13H20N2O. The summed E-state index contributed by atoms with van der Waals surface area (Å²) in [6.45, 7) is 2.21. The van der Waals surface area contributed by atoms with E-state index in [-0.39, 0.29) is 5.91 Å². The van der Waals surface area contributed by atoms with Crippen LogP contribution in [0.1, 0.15) is 50.2 Å². The molecular weight excluding hydrogens is 200 g/mol. The van der Waals surface area contributed by atoms with Crippen LogP contribution in [-0.4, -0.2) is 15.5 Å². The highest BCUT2D eigenvalue weighted by molar-refractivity contribution is 5.79. The Kier molecular flexibility index (Phi) is 6.23. The van der Waals surface area contributed by atoms with Gasteiger partial charge in [0, 0.05) is 18.8 Å². The Labute approximate surface area is 97.2 Å². The third-order valence-electron chi connectivity index (χ3n) is 2.48. The van der Waals surface area contributed by atoms with Gasteiger partial charge in [-0.3, -0.25) is 9.36 Å². The molecule has 3 heteroatoms. The van der Waals surface area contributed by atoms with Crippen LogP contribution in [0.3, 0.4) is 0 Å². The first kappa shape index (κ1) is 12.7. The van der Waals surface area contributed by atoms with Crippen molar-refractivity contribution in [2.45, 2.75) is 45.4 Å². The average molecular weight is 220 g/mol. The molecule has 0 radical (unpaired) electrons. The summed E-state index contributed by atoms with van der Waals surface area (Å²) >= 11 is 0. The summed E-state index contributed by atoms with van der Waals surface area (Å²) in [4.78, 5) is 15.4. The molecule has 0 atom stereocenters. The summed E-state index contributed by atoms with van der Waals surface area (Å²) in [6, 6.07) is 0. The largest absolute Gasteiger partial charge is 0.276 e. The molecule has 0 aliphatic heterocycles. The van der Waals surface area contributed by atoms with Gasteiger partial charge in [-0.2, -0.15) is 0 Å². The van der Waals surface area contributed by atoms with Gasteiger partial charge in [-0.1, -0.05) is 38.3 Å². The second-order valence-electron chi connectivity index (χ2n) is 3.89. The standard InChI is InChI=1S/C13H20N2O/c1-2-3-4-5-6-7-8-9-13(16)15-11-10-14-12-15/h7-8,10-12H,2-6,9H2,1H3/b8-7-. The van der Waals surface area contributed by atoms with Crippen molar-refractivity contribution in [3.8, 4) is 0 Å². The first-order valence-corrected chi connectivity index (χ1v) is 6.00. The molecule has 3 nitrogen and oxygen atoms in total. The molecule has 1 heterocycles. The van der Waals surface area contributed by atoms with E-state index in [1.807, 2.05) is 6.08 Å². The molecule has 0 saturated heterocycles. The Morgan fingerprint density at radius 1 is 1.31 bits per heavy atom. The van der Waals surface area contributed by atoms with Crippen molar-refractivity contribution in [2.75, 3.05) is 0 Å². The number of carbonyl (C=O) groups excluding carboxylic acids is 1. The van der Waals surface area contributed by atoms with Crippen molar-refractivity contribution in [1.82, 2.24) is 9.55 Å². The maximum absolute atomic E-state index is 11.5. The zero-order valence-corrected chi connectivity index (χ0v) is 9.93. The number of nitrogens with zero attached hydrogens (tertiary/aromatic N) is 2. The average Bonchev–Trinajstić information content (AvgIpc) is 2.81. The highest BCUT2D eigenvalue weighted by atomic mass is 16.2. The number of unbranched alkanes of at least 4 members (excludes halogenated alkanes) is 4. The van der Waals surface area contributed by atoms with E-state index in [0.29, 0.717) is 6.42 Å². The third kappa shape index (κ3) is 4.91. The summed E-state index contributed by atoms with van der Waals surface area (Å²) < 4.78 is 1.52. The van der Waals surface area contributed by atoms with Crippen LogP contribution in [0.5, 0.6) is 0 Å². The first-order chi connectivity index (χ1) is 7.84. The van der Waals surface area contributed by atoms with Crippen molar-refractivity contribution >= 4 is 5.91 Å². The van der Waals surface area contributed by atoms with Crippen LogP contribution < -0.4 is 0 Å². The molecule has 1 aromatic rings. The molecule has 0 spiro atoms. The molecule has 0 bridgehead atoms. The maximum Gasteiger partial charge on any atom is 0.235 e. The number of hydrogen-bond donors (Lipinski definition) is 0. The van der Waals surface area contributed by atoms with Crippen LogP contribution in [0.25, 0.3) is 0 Å². The smallest absolute Gasteiger partial charge is 0.235 e. The summed E-state index contributed by atoms with van der Waals surface area (Å²) in [5.74, 6) is 0.0716. The normalized spacial score (nSPS) is 11.1. The van der Waals surface area contributed by atoms with Crippen molar-refractivity contribution in [3.63, 3.8) is 0 Å². The zero-order chi connectivity index (χ0) is 11.6. The number of carbonyl (C=O) groups is 1. The van der Waals surface area contributed by atoms with Crippen LogP contribution in [0.2, 0.25) is 0 Å². The van der Waals surface area contributed by atoms with Gasteiger partial charge in [0.05, 0.1) is 0 Å². The van der Waals surface area contributed by atoms with E-state index < -0.39 is 0 Å². The molecule has 0 aliphatic carbocycles. The monoisotopic (exact) mass is 220 g/mol. The van der Waals surface area contributed by atoms with Crippen LogP contribution in [-0.2, 0) is 0 Å². The number of allylic oxidation sites excluding steroid dienone is 2. The fourth-order valence-electron chi connectivity index (χ4n) is 1.50. The second-order valence-corrected chi connectivity index (χ2v) is 3.89. The molecule has 0 aliphatic rings. The number of hydrogen-bond acceptors (Lipinski definition) is 2. The van der Waals surface area contributed by atoms with Crippen molar-refractivity contribution in [3.05, 3.63) is 30.9 Å². The minimum absolute atomic E-state index is 0.0716. The number of rotatable bonds is 7. The topological polar surface area (TPSA) is 34.9 Å². The summed E-state index contributed by atoms with van der Waals surface area (Å²) in [6.07, 6.45) is 15.5. The minimum atomic E-state index is 0.0716. The zero-order valence-electron chi connectivity index (χ0n) is 9.93. The van der Waals surface area contributed by atoms with Gasteiger partial charge in [0.1, 0.15) is 6.33 Å². The van der Waals surface area contributed by atoms with Gasteiger partial charge in [-0.15, -0.1) is 0 Å². The lowest BCUT2D eigenvalue weighted by Gasteiger charge is -1.96. The van der Waals surface area contributed by atoms with E-state index in [2.05, 4.69) is 18.0 Å². The van der Waals surface area contributed by atoms with Crippen molar-refractivity contribution in [1.29, 1.82) is 0 Å². The summed E-state index contributed by atoms with van der Waals surface area (Å²) in [5.41, 5.74) is 0. The quantitative estimate of drug-likeness (QED) is 0.521. The lowest BCUT2D eigenvalue weighted by molar-refractivity contribution is 0.0917.